The van der Waals surface area contributed by atoms with E-state index < -0.39 is 0 Å². The van der Waals surface area contributed by atoms with Crippen molar-refractivity contribution < 1.29 is 4.79 Å². The minimum atomic E-state index is -0.306. The number of allylic oxidation sites excluding steroid dienone is 1. The number of halogens is 1. The Morgan fingerprint density at radius 2 is 2.22 bits per heavy atom. The van der Waals surface area contributed by atoms with E-state index in [1.165, 1.54) is 0 Å². The molecule has 0 aromatic carbocycles. The van der Waals surface area contributed by atoms with Crippen LogP contribution in [-0.4, -0.2) is 5.24 Å². The Balaban J connectivity index is 3.86. The zero-order valence-corrected chi connectivity index (χ0v) is 6.53. The summed E-state index contributed by atoms with van der Waals surface area (Å²) in [4.78, 5) is 10.3. The van der Waals surface area contributed by atoms with Crippen LogP contribution in [0.15, 0.2) is 12.7 Å². The molecular weight excluding hydrogens is 136 g/mol. The molecule has 0 radical (unpaired) electrons. The van der Waals surface area contributed by atoms with Gasteiger partial charge >= 0.3 is 0 Å². The predicted octanol–water partition coefficient (Wildman–Crippen LogP) is 2.35. The molecule has 52 valence electrons. The van der Waals surface area contributed by atoms with Crippen LogP contribution < -0.4 is 0 Å². The van der Waals surface area contributed by atoms with Gasteiger partial charge in [-0.3, -0.25) is 4.79 Å². The first-order valence-corrected chi connectivity index (χ1v) is 3.18. The van der Waals surface area contributed by atoms with Gasteiger partial charge in [0.05, 0.1) is 0 Å². The van der Waals surface area contributed by atoms with Gasteiger partial charge < -0.3 is 0 Å². The Hall–Kier alpha value is -0.300. The number of hydrogen-bond donors (Lipinski definition) is 0. The smallest absolute Gasteiger partial charge is 0.222 e. The van der Waals surface area contributed by atoms with E-state index in [1.807, 2.05) is 13.8 Å². The van der Waals surface area contributed by atoms with Crippen molar-refractivity contribution in [2.45, 2.75) is 20.3 Å². The molecule has 0 N–H and O–H groups in total. The molecule has 0 aromatic rings. The molecule has 0 rings (SSSR count). The Morgan fingerprint density at radius 3 is 2.33 bits per heavy atom. The van der Waals surface area contributed by atoms with Crippen LogP contribution in [0.3, 0.4) is 0 Å². The first-order valence-electron chi connectivity index (χ1n) is 2.80. The minimum Gasteiger partial charge on any atom is -0.281 e. The molecule has 1 nitrogen and oxygen atoms in total. The van der Waals surface area contributed by atoms with Gasteiger partial charge in [0.2, 0.25) is 5.24 Å². The van der Waals surface area contributed by atoms with Crippen molar-refractivity contribution in [3.05, 3.63) is 12.7 Å². The quantitative estimate of drug-likeness (QED) is 0.441. The van der Waals surface area contributed by atoms with E-state index in [2.05, 4.69) is 6.58 Å². The van der Waals surface area contributed by atoms with Crippen LogP contribution in [0, 0.1) is 5.41 Å². The average Bonchev–Trinajstić information content (AvgIpc) is 1.63. The van der Waals surface area contributed by atoms with Crippen LogP contribution in [-0.2, 0) is 4.79 Å². The molecule has 0 bridgehead atoms. The fraction of sp³-hybridized carbons (Fsp3) is 0.571. The highest BCUT2D eigenvalue weighted by atomic mass is 35.5. The van der Waals surface area contributed by atoms with Gasteiger partial charge in [-0.2, -0.15) is 0 Å². The molecule has 0 aliphatic carbocycles. The molecule has 0 aliphatic rings. The molecule has 0 fully saturated rings. The standard InChI is InChI=1S/C7H11ClO/c1-4-7(2,3)5-6(8)9/h4H,1,5H2,2-3H3. The van der Waals surface area contributed by atoms with Crippen molar-refractivity contribution >= 4 is 16.8 Å². The molecule has 0 atom stereocenters. The minimum absolute atomic E-state index is 0.154. The summed E-state index contributed by atoms with van der Waals surface area (Å²) in [6.45, 7) is 7.41. The van der Waals surface area contributed by atoms with Crippen LogP contribution in [0.4, 0.5) is 0 Å². The molecular formula is C7H11ClO. The van der Waals surface area contributed by atoms with E-state index in [4.69, 9.17) is 11.6 Å². The fourth-order valence-corrected chi connectivity index (χ4v) is 0.775. The summed E-state index contributed by atoms with van der Waals surface area (Å²) in [6, 6.07) is 0. The lowest BCUT2D eigenvalue weighted by Crippen LogP contribution is -2.09. The van der Waals surface area contributed by atoms with Crippen LogP contribution in [0.5, 0.6) is 0 Å². The van der Waals surface area contributed by atoms with Crippen molar-refractivity contribution in [2.75, 3.05) is 0 Å². The monoisotopic (exact) mass is 146 g/mol. The second-order valence-corrected chi connectivity index (χ2v) is 3.15. The second-order valence-electron chi connectivity index (χ2n) is 2.72. The third kappa shape index (κ3) is 4.22. The highest BCUT2D eigenvalue weighted by molar-refractivity contribution is 6.63. The molecule has 0 saturated heterocycles. The van der Waals surface area contributed by atoms with Crippen LogP contribution in [0.1, 0.15) is 20.3 Å². The molecule has 0 unspecified atom stereocenters. The Labute approximate surface area is 60.7 Å². The number of carbonyl (C=O) groups excluding carboxylic acids is 1. The van der Waals surface area contributed by atoms with Gasteiger partial charge in [0, 0.05) is 6.42 Å². The first-order chi connectivity index (χ1) is 3.98. The van der Waals surface area contributed by atoms with Gasteiger partial charge in [-0.05, 0) is 17.0 Å². The maximum atomic E-state index is 10.3. The summed E-state index contributed by atoms with van der Waals surface area (Å²) in [7, 11) is 0. The van der Waals surface area contributed by atoms with E-state index in [-0.39, 0.29) is 10.7 Å². The third-order valence-electron chi connectivity index (χ3n) is 1.15. The Kier molecular flexibility index (Phi) is 2.92. The van der Waals surface area contributed by atoms with Crippen molar-refractivity contribution in [2.24, 2.45) is 5.41 Å². The normalized spacial score (nSPS) is 11.0. The van der Waals surface area contributed by atoms with Crippen molar-refractivity contribution in [3.63, 3.8) is 0 Å². The lowest BCUT2D eigenvalue weighted by atomic mass is 9.91. The largest absolute Gasteiger partial charge is 0.281 e. The fourth-order valence-electron chi connectivity index (χ4n) is 0.430. The summed E-state index contributed by atoms with van der Waals surface area (Å²) in [5.74, 6) is 0. The Morgan fingerprint density at radius 1 is 1.78 bits per heavy atom. The zero-order chi connectivity index (χ0) is 7.49. The summed E-state index contributed by atoms with van der Waals surface area (Å²) >= 11 is 5.15. The number of rotatable bonds is 3. The van der Waals surface area contributed by atoms with Gasteiger partial charge in [-0.15, -0.1) is 6.58 Å². The van der Waals surface area contributed by atoms with E-state index >= 15 is 0 Å². The number of carbonyl (C=O) groups is 1. The molecule has 9 heavy (non-hydrogen) atoms. The Bertz CT molecular complexity index is 127. The van der Waals surface area contributed by atoms with Crippen molar-refractivity contribution in [1.29, 1.82) is 0 Å². The molecule has 0 aromatic heterocycles. The number of hydrogen-bond acceptors (Lipinski definition) is 1. The van der Waals surface area contributed by atoms with E-state index in [0.717, 1.165) is 0 Å². The summed E-state index contributed by atoms with van der Waals surface area (Å²) in [6.07, 6.45) is 2.09. The van der Waals surface area contributed by atoms with Gasteiger partial charge in [-0.1, -0.05) is 19.9 Å². The summed E-state index contributed by atoms with van der Waals surface area (Å²) < 4.78 is 0. The average molecular weight is 147 g/mol. The topological polar surface area (TPSA) is 17.1 Å². The van der Waals surface area contributed by atoms with Gasteiger partial charge in [-0.25, -0.2) is 0 Å². The van der Waals surface area contributed by atoms with Crippen LogP contribution >= 0.6 is 11.6 Å². The van der Waals surface area contributed by atoms with E-state index in [9.17, 15) is 4.79 Å². The van der Waals surface area contributed by atoms with Crippen molar-refractivity contribution in [3.8, 4) is 0 Å². The van der Waals surface area contributed by atoms with Gasteiger partial charge in [0.15, 0.2) is 0 Å². The highest BCUT2D eigenvalue weighted by Crippen LogP contribution is 2.21. The van der Waals surface area contributed by atoms with E-state index in [1.54, 1.807) is 6.08 Å². The third-order valence-corrected chi connectivity index (χ3v) is 1.28. The molecule has 0 saturated carbocycles. The van der Waals surface area contributed by atoms with Gasteiger partial charge in [0.1, 0.15) is 0 Å². The summed E-state index contributed by atoms with van der Waals surface area (Å²) in [5.41, 5.74) is -0.154. The molecule has 2 heteroatoms. The predicted molar refractivity (Wildman–Crippen MR) is 39.5 cm³/mol. The maximum Gasteiger partial charge on any atom is 0.222 e. The summed E-state index contributed by atoms with van der Waals surface area (Å²) in [5, 5.41) is -0.306. The zero-order valence-electron chi connectivity index (χ0n) is 5.78. The van der Waals surface area contributed by atoms with Crippen LogP contribution in [0.25, 0.3) is 0 Å². The molecule has 0 amide bonds. The van der Waals surface area contributed by atoms with Crippen molar-refractivity contribution in [1.82, 2.24) is 0 Å². The highest BCUT2D eigenvalue weighted by Gasteiger charge is 2.15. The van der Waals surface area contributed by atoms with Gasteiger partial charge in [0.25, 0.3) is 0 Å². The van der Waals surface area contributed by atoms with E-state index in [0.29, 0.717) is 6.42 Å². The molecule has 0 spiro atoms. The SMILES string of the molecule is C=CC(C)(C)CC(=O)Cl. The molecule has 0 heterocycles. The molecule has 0 aliphatic heterocycles. The second kappa shape index (κ2) is 3.02. The lowest BCUT2D eigenvalue weighted by molar-refractivity contribution is -0.112. The maximum absolute atomic E-state index is 10.3. The lowest BCUT2D eigenvalue weighted by Gasteiger charge is -2.15. The van der Waals surface area contributed by atoms with Crippen LogP contribution in [0.2, 0.25) is 0 Å². The first kappa shape index (κ1) is 8.70.